The van der Waals surface area contributed by atoms with Crippen LogP contribution in [0.5, 0.6) is 0 Å². The van der Waals surface area contributed by atoms with Gasteiger partial charge in [0.15, 0.2) is 0 Å². The summed E-state index contributed by atoms with van der Waals surface area (Å²) in [5.41, 5.74) is 1.50. The fourth-order valence-corrected chi connectivity index (χ4v) is 1.91. The first kappa shape index (κ1) is 7.84. The Labute approximate surface area is 74.0 Å². The van der Waals surface area contributed by atoms with E-state index in [1.165, 1.54) is 38.0 Å². The molecule has 2 aliphatic rings. The fraction of sp³-hybridized carbons (Fsp3) is 0.700. The molecule has 66 valence electrons. The Hall–Kier alpha value is -0.790. The van der Waals surface area contributed by atoms with E-state index < -0.39 is 0 Å². The second kappa shape index (κ2) is 3.74. The Morgan fingerprint density at radius 2 is 2.00 bits per heavy atom. The van der Waals surface area contributed by atoms with Gasteiger partial charge < -0.3 is 4.90 Å². The van der Waals surface area contributed by atoms with E-state index in [4.69, 9.17) is 0 Å². The minimum absolute atomic E-state index is 0.895. The van der Waals surface area contributed by atoms with Crippen LogP contribution < -0.4 is 0 Å². The molecular weight excluding hydrogens is 148 g/mol. The summed E-state index contributed by atoms with van der Waals surface area (Å²) in [4.78, 5) is 6.72. The highest BCUT2D eigenvalue weighted by Gasteiger charge is 2.12. The number of likely N-dealkylation sites (tertiary alicyclic amines) is 1. The lowest BCUT2D eigenvalue weighted by molar-refractivity contribution is 0.281. The van der Waals surface area contributed by atoms with Crippen LogP contribution in [0.1, 0.15) is 25.7 Å². The van der Waals surface area contributed by atoms with Gasteiger partial charge in [0.25, 0.3) is 0 Å². The summed E-state index contributed by atoms with van der Waals surface area (Å²) < 4.78 is 0. The Bertz CT molecular complexity index is 200. The number of allylic oxidation sites excluding steroid dienone is 1. The molecule has 2 heterocycles. The topological polar surface area (TPSA) is 15.6 Å². The van der Waals surface area contributed by atoms with E-state index >= 15 is 0 Å². The summed E-state index contributed by atoms with van der Waals surface area (Å²) in [6, 6.07) is 0. The molecule has 0 N–H and O–H groups in total. The largest absolute Gasteiger partial charge is 0.375 e. The molecule has 0 spiro atoms. The Morgan fingerprint density at radius 1 is 1.17 bits per heavy atom. The predicted molar refractivity (Wildman–Crippen MR) is 51.5 cm³/mol. The number of piperidine rings is 1. The Kier molecular flexibility index (Phi) is 2.45. The highest BCUT2D eigenvalue weighted by atomic mass is 15.1. The number of aliphatic imine (C=N–C) groups is 1. The summed E-state index contributed by atoms with van der Waals surface area (Å²) in [5.74, 6) is 0. The lowest BCUT2D eigenvalue weighted by atomic mass is 10.1. The zero-order valence-corrected chi connectivity index (χ0v) is 7.50. The van der Waals surface area contributed by atoms with Crippen LogP contribution in [0, 0.1) is 0 Å². The minimum Gasteiger partial charge on any atom is -0.375 e. The monoisotopic (exact) mass is 164 g/mol. The fourth-order valence-electron chi connectivity index (χ4n) is 1.91. The molecular formula is C10H16N2. The standard InChI is InChI=1S/C10H16N2/c1-2-8-12(9-3-1)10-4-6-11-7-5-10/h4,7H,1-3,5-6,8-9H2. The number of rotatable bonds is 1. The zero-order valence-electron chi connectivity index (χ0n) is 7.50. The number of nitrogens with zero attached hydrogens (tertiary/aromatic N) is 2. The van der Waals surface area contributed by atoms with Gasteiger partial charge in [0.05, 0.1) is 6.54 Å². The summed E-state index contributed by atoms with van der Waals surface area (Å²) >= 11 is 0. The molecule has 2 aliphatic heterocycles. The summed E-state index contributed by atoms with van der Waals surface area (Å²) in [7, 11) is 0. The maximum absolute atomic E-state index is 4.19. The molecule has 0 radical (unpaired) electrons. The van der Waals surface area contributed by atoms with Crippen LogP contribution in [-0.2, 0) is 0 Å². The third-order valence-electron chi connectivity index (χ3n) is 2.62. The quantitative estimate of drug-likeness (QED) is 0.577. The molecule has 0 unspecified atom stereocenters. The van der Waals surface area contributed by atoms with Crippen LogP contribution in [0.25, 0.3) is 0 Å². The van der Waals surface area contributed by atoms with E-state index in [1.807, 2.05) is 6.21 Å². The highest BCUT2D eigenvalue weighted by molar-refractivity contribution is 5.62. The molecule has 2 nitrogen and oxygen atoms in total. The normalized spacial score (nSPS) is 24.0. The molecule has 1 saturated heterocycles. The molecule has 12 heavy (non-hydrogen) atoms. The van der Waals surface area contributed by atoms with Crippen molar-refractivity contribution in [2.45, 2.75) is 25.7 Å². The second-order valence-corrected chi connectivity index (χ2v) is 3.50. The lowest BCUT2D eigenvalue weighted by Crippen LogP contribution is -2.30. The Morgan fingerprint density at radius 3 is 2.67 bits per heavy atom. The van der Waals surface area contributed by atoms with Crippen LogP contribution in [-0.4, -0.2) is 30.7 Å². The summed E-state index contributed by atoms with van der Waals surface area (Å²) in [6.45, 7) is 3.42. The SMILES string of the molecule is C1=NCC=C(N2CCCCC2)C1. The maximum atomic E-state index is 4.19. The van der Waals surface area contributed by atoms with Crippen molar-refractivity contribution in [2.24, 2.45) is 4.99 Å². The lowest BCUT2D eigenvalue weighted by Gasteiger charge is -2.31. The van der Waals surface area contributed by atoms with E-state index in [-0.39, 0.29) is 0 Å². The first-order valence-corrected chi connectivity index (χ1v) is 4.89. The van der Waals surface area contributed by atoms with E-state index in [0.29, 0.717) is 0 Å². The third-order valence-corrected chi connectivity index (χ3v) is 2.62. The molecule has 0 saturated carbocycles. The third kappa shape index (κ3) is 1.68. The van der Waals surface area contributed by atoms with Gasteiger partial charge in [-0.25, -0.2) is 0 Å². The summed E-state index contributed by atoms with van der Waals surface area (Å²) in [6.07, 6.45) is 9.52. The Balaban J connectivity index is 1.93. The van der Waals surface area contributed by atoms with Gasteiger partial charge in [0.1, 0.15) is 0 Å². The number of hydrogen-bond donors (Lipinski definition) is 0. The van der Waals surface area contributed by atoms with Crippen molar-refractivity contribution in [3.05, 3.63) is 11.8 Å². The van der Waals surface area contributed by atoms with Crippen molar-refractivity contribution in [1.82, 2.24) is 4.90 Å². The average Bonchev–Trinajstić information content (AvgIpc) is 2.21. The molecule has 2 rings (SSSR count). The van der Waals surface area contributed by atoms with E-state index in [2.05, 4.69) is 16.0 Å². The molecule has 0 aromatic heterocycles. The molecule has 0 amide bonds. The van der Waals surface area contributed by atoms with E-state index in [0.717, 1.165) is 13.0 Å². The average molecular weight is 164 g/mol. The van der Waals surface area contributed by atoms with Gasteiger partial charge in [0, 0.05) is 31.4 Å². The van der Waals surface area contributed by atoms with Crippen LogP contribution in [0.3, 0.4) is 0 Å². The molecule has 0 aromatic rings. The van der Waals surface area contributed by atoms with Gasteiger partial charge >= 0.3 is 0 Å². The van der Waals surface area contributed by atoms with Gasteiger partial charge in [-0.05, 0) is 25.3 Å². The van der Waals surface area contributed by atoms with Crippen molar-refractivity contribution in [3.63, 3.8) is 0 Å². The molecule has 0 aliphatic carbocycles. The molecule has 0 bridgehead atoms. The maximum Gasteiger partial charge on any atom is 0.0586 e. The van der Waals surface area contributed by atoms with Crippen LogP contribution in [0.4, 0.5) is 0 Å². The summed E-state index contributed by atoms with van der Waals surface area (Å²) in [5, 5.41) is 0. The van der Waals surface area contributed by atoms with Crippen molar-refractivity contribution >= 4 is 6.21 Å². The second-order valence-electron chi connectivity index (χ2n) is 3.50. The highest BCUT2D eigenvalue weighted by Crippen LogP contribution is 2.17. The van der Waals surface area contributed by atoms with Crippen molar-refractivity contribution in [2.75, 3.05) is 19.6 Å². The van der Waals surface area contributed by atoms with Crippen molar-refractivity contribution < 1.29 is 0 Å². The smallest absolute Gasteiger partial charge is 0.0586 e. The van der Waals surface area contributed by atoms with Crippen molar-refractivity contribution in [1.29, 1.82) is 0 Å². The molecule has 0 aromatic carbocycles. The predicted octanol–water partition coefficient (Wildman–Crippen LogP) is 1.83. The van der Waals surface area contributed by atoms with Crippen LogP contribution in [0.2, 0.25) is 0 Å². The van der Waals surface area contributed by atoms with Gasteiger partial charge in [-0.2, -0.15) is 0 Å². The van der Waals surface area contributed by atoms with E-state index in [9.17, 15) is 0 Å². The van der Waals surface area contributed by atoms with Crippen molar-refractivity contribution in [3.8, 4) is 0 Å². The molecule has 1 fully saturated rings. The van der Waals surface area contributed by atoms with Crippen LogP contribution >= 0.6 is 0 Å². The van der Waals surface area contributed by atoms with Gasteiger partial charge in [-0.15, -0.1) is 0 Å². The minimum atomic E-state index is 0.895. The van der Waals surface area contributed by atoms with Crippen LogP contribution in [0.15, 0.2) is 16.8 Å². The van der Waals surface area contributed by atoms with Gasteiger partial charge in [-0.3, -0.25) is 4.99 Å². The number of hydrogen-bond acceptors (Lipinski definition) is 2. The van der Waals surface area contributed by atoms with E-state index in [1.54, 1.807) is 0 Å². The number of dihydropyridines is 1. The molecule has 0 atom stereocenters. The van der Waals surface area contributed by atoms with Gasteiger partial charge in [0.2, 0.25) is 0 Å². The van der Waals surface area contributed by atoms with Gasteiger partial charge in [-0.1, -0.05) is 0 Å². The molecule has 2 heteroatoms. The zero-order chi connectivity index (χ0) is 8.23. The first-order valence-electron chi connectivity index (χ1n) is 4.89. The first-order chi connectivity index (χ1) is 5.97.